The van der Waals surface area contributed by atoms with Gasteiger partial charge in [0.1, 0.15) is 0 Å². The fraction of sp³-hybridized carbons (Fsp3) is 0.682. The van der Waals surface area contributed by atoms with Gasteiger partial charge in [0, 0.05) is 31.2 Å². The van der Waals surface area contributed by atoms with Crippen LogP contribution >= 0.6 is 0 Å². The second kappa shape index (κ2) is 9.56. The van der Waals surface area contributed by atoms with Crippen molar-refractivity contribution in [2.45, 2.75) is 69.9 Å². The highest BCUT2D eigenvalue weighted by molar-refractivity contribution is 5.80. The fourth-order valence-electron chi connectivity index (χ4n) is 4.41. The second-order valence-electron chi connectivity index (χ2n) is 8.05. The predicted octanol–water partition coefficient (Wildman–Crippen LogP) is 2.90. The van der Waals surface area contributed by atoms with E-state index in [9.17, 15) is 5.11 Å². The molecule has 150 valence electrons. The van der Waals surface area contributed by atoms with Crippen molar-refractivity contribution in [3.05, 3.63) is 35.4 Å². The molecule has 1 saturated carbocycles. The summed E-state index contributed by atoms with van der Waals surface area (Å²) in [6.45, 7) is 7.52. The molecule has 2 aliphatic rings. The Labute approximate surface area is 163 Å². The third-order valence-corrected chi connectivity index (χ3v) is 6.09. The van der Waals surface area contributed by atoms with Crippen LogP contribution in [0.4, 0.5) is 0 Å². The first-order valence-electron chi connectivity index (χ1n) is 10.5. The van der Waals surface area contributed by atoms with Crippen molar-refractivity contribution in [1.29, 1.82) is 0 Å². The number of guanidine groups is 1. The molecule has 0 amide bonds. The fourth-order valence-corrected chi connectivity index (χ4v) is 4.41. The van der Waals surface area contributed by atoms with E-state index in [1.54, 1.807) is 0 Å². The first-order chi connectivity index (χ1) is 13.1. The molecular formula is C22H35N3O2. The Bertz CT molecular complexity index is 618. The van der Waals surface area contributed by atoms with Gasteiger partial charge in [-0.25, -0.2) is 0 Å². The zero-order valence-electron chi connectivity index (χ0n) is 16.8. The van der Waals surface area contributed by atoms with E-state index in [0.29, 0.717) is 6.04 Å². The number of aliphatic hydroxyl groups excluding tert-OH is 1. The first-order valence-corrected chi connectivity index (χ1v) is 10.5. The monoisotopic (exact) mass is 373 g/mol. The van der Waals surface area contributed by atoms with Crippen LogP contribution < -0.4 is 10.6 Å². The van der Waals surface area contributed by atoms with E-state index in [4.69, 9.17) is 9.73 Å². The summed E-state index contributed by atoms with van der Waals surface area (Å²) in [6, 6.07) is 9.11. The van der Waals surface area contributed by atoms with E-state index in [1.807, 2.05) is 0 Å². The Morgan fingerprint density at radius 2 is 1.89 bits per heavy atom. The van der Waals surface area contributed by atoms with Crippen LogP contribution in [0.1, 0.15) is 56.6 Å². The molecule has 0 aromatic heterocycles. The number of nitrogens with one attached hydrogen (secondary N) is 2. The lowest BCUT2D eigenvalue weighted by molar-refractivity contribution is 0.0529. The highest BCUT2D eigenvalue weighted by atomic mass is 16.5. The largest absolute Gasteiger partial charge is 0.393 e. The van der Waals surface area contributed by atoms with E-state index >= 15 is 0 Å². The van der Waals surface area contributed by atoms with Crippen LogP contribution in [0.2, 0.25) is 0 Å². The third-order valence-electron chi connectivity index (χ3n) is 6.09. The van der Waals surface area contributed by atoms with Crippen LogP contribution in [0, 0.1) is 6.92 Å². The Hall–Kier alpha value is -1.59. The number of ether oxygens (including phenoxy) is 1. The normalized spacial score (nSPS) is 25.8. The van der Waals surface area contributed by atoms with Gasteiger partial charge in [0.05, 0.1) is 12.6 Å². The average Bonchev–Trinajstić information content (AvgIpc) is 2.69. The Morgan fingerprint density at radius 1 is 1.19 bits per heavy atom. The molecule has 27 heavy (non-hydrogen) atoms. The van der Waals surface area contributed by atoms with Crippen molar-refractivity contribution in [3.8, 4) is 0 Å². The maximum atomic E-state index is 9.74. The lowest BCUT2D eigenvalue weighted by Gasteiger charge is -2.38. The summed E-state index contributed by atoms with van der Waals surface area (Å²) in [6.07, 6.45) is 5.65. The molecule has 0 bridgehead atoms. The van der Waals surface area contributed by atoms with Crippen LogP contribution in [0.5, 0.6) is 0 Å². The molecule has 3 N–H and O–H groups in total. The van der Waals surface area contributed by atoms with Crippen LogP contribution in [0.25, 0.3) is 0 Å². The van der Waals surface area contributed by atoms with Crippen molar-refractivity contribution in [1.82, 2.24) is 10.6 Å². The summed E-state index contributed by atoms with van der Waals surface area (Å²) in [5, 5.41) is 16.7. The van der Waals surface area contributed by atoms with Crippen LogP contribution in [0.15, 0.2) is 29.3 Å². The summed E-state index contributed by atoms with van der Waals surface area (Å²) in [7, 11) is 0. The topological polar surface area (TPSA) is 65.9 Å². The molecule has 1 aromatic rings. The van der Waals surface area contributed by atoms with Gasteiger partial charge in [-0.15, -0.1) is 0 Å². The minimum Gasteiger partial charge on any atom is -0.393 e. The molecule has 1 aliphatic heterocycles. The standard InChI is InChI=1S/C22H35N3O2/c1-3-23-21(25-18-8-10-19(26)11-9-18)24-16-22(12-14-27-15-13-22)20-7-5-4-6-17(20)2/h4-7,18-19,26H,3,8-16H2,1-2H3,(H2,23,24,25). The number of aryl methyl sites for hydroxylation is 1. The maximum Gasteiger partial charge on any atom is 0.191 e. The molecule has 1 aliphatic carbocycles. The molecule has 5 heteroatoms. The van der Waals surface area contributed by atoms with Crippen LogP contribution in [-0.2, 0) is 10.2 Å². The zero-order valence-corrected chi connectivity index (χ0v) is 16.8. The first kappa shape index (κ1) is 20.2. The van der Waals surface area contributed by atoms with E-state index < -0.39 is 0 Å². The number of rotatable bonds is 5. The Morgan fingerprint density at radius 3 is 2.56 bits per heavy atom. The summed E-state index contributed by atoms with van der Waals surface area (Å²) in [4.78, 5) is 5.02. The summed E-state index contributed by atoms with van der Waals surface area (Å²) in [5.74, 6) is 0.901. The molecule has 3 rings (SSSR count). The van der Waals surface area contributed by atoms with Crippen molar-refractivity contribution < 1.29 is 9.84 Å². The van der Waals surface area contributed by atoms with E-state index in [0.717, 1.165) is 70.8 Å². The van der Waals surface area contributed by atoms with Gasteiger partial charge in [0.15, 0.2) is 5.96 Å². The van der Waals surface area contributed by atoms with Gasteiger partial charge in [-0.1, -0.05) is 24.3 Å². The summed E-state index contributed by atoms with van der Waals surface area (Å²) < 4.78 is 5.67. The average molecular weight is 374 g/mol. The molecule has 0 unspecified atom stereocenters. The molecule has 5 nitrogen and oxygen atoms in total. The molecule has 0 spiro atoms. The van der Waals surface area contributed by atoms with Gasteiger partial charge < -0.3 is 20.5 Å². The van der Waals surface area contributed by atoms with Crippen molar-refractivity contribution in [3.63, 3.8) is 0 Å². The predicted molar refractivity (Wildman–Crippen MR) is 110 cm³/mol. The number of nitrogens with zero attached hydrogens (tertiary/aromatic N) is 1. The third kappa shape index (κ3) is 5.23. The summed E-state index contributed by atoms with van der Waals surface area (Å²) in [5.41, 5.74) is 2.80. The molecule has 2 fully saturated rings. The Balaban J connectivity index is 1.75. The minimum atomic E-state index is -0.130. The number of aliphatic imine (C=N–C) groups is 1. The van der Waals surface area contributed by atoms with Crippen LogP contribution in [-0.4, -0.2) is 49.5 Å². The number of aliphatic hydroxyl groups is 1. The van der Waals surface area contributed by atoms with Crippen molar-refractivity contribution in [2.24, 2.45) is 4.99 Å². The van der Waals surface area contributed by atoms with Gasteiger partial charge in [-0.2, -0.15) is 0 Å². The van der Waals surface area contributed by atoms with Gasteiger partial charge in [0.25, 0.3) is 0 Å². The smallest absolute Gasteiger partial charge is 0.191 e. The Kier molecular flexibility index (Phi) is 7.13. The maximum absolute atomic E-state index is 9.74. The van der Waals surface area contributed by atoms with Gasteiger partial charge in [-0.3, -0.25) is 4.99 Å². The lowest BCUT2D eigenvalue weighted by Crippen LogP contribution is -2.46. The molecular weight excluding hydrogens is 338 g/mol. The zero-order chi connectivity index (χ0) is 19.1. The second-order valence-corrected chi connectivity index (χ2v) is 8.05. The molecule has 1 heterocycles. The van der Waals surface area contributed by atoms with Gasteiger partial charge in [-0.05, 0) is 63.5 Å². The molecule has 0 radical (unpaired) electrons. The molecule has 0 atom stereocenters. The van der Waals surface area contributed by atoms with E-state index in [2.05, 4.69) is 48.7 Å². The minimum absolute atomic E-state index is 0.0503. The highest BCUT2D eigenvalue weighted by Crippen LogP contribution is 2.37. The van der Waals surface area contributed by atoms with E-state index in [-0.39, 0.29) is 11.5 Å². The highest BCUT2D eigenvalue weighted by Gasteiger charge is 2.35. The van der Waals surface area contributed by atoms with Crippen molar-refractivity contribution >= 4 is 5.96 Å². The number of benzene rings is 1. The molecule has 1 aromatic carbocycles. The van der Waals surface area contributed by atoms with Gasteiger partial charge >= 0.3 is 0 Å². The molecule has 1 saturated heterocycles. The number of hydrogen-bond donors (Lipinski definition) is 3. The summed E-state index contributed by atoms with van der Waals surface area (Å²) >= 11 is 0. The van der Waals surface area contributed by atoms with Crippen LogP contribution in [0.3, 0.4) is 0 Å². The van der Waals surface area contributed by atoms with Gasteiger partial charge in [0.2, 0.25) is 0 Å². The van der Waals surface area contributed by atoms with E-state index in [1.165, 1.54) is 11.1 Å². The quantitative estimate of drug-likeness (QED) is 0.548. The number of hydrogen-bond acceptors (Lipinski definition) is 3. The lowest BCUT2D eigenvalue weighted by atomic mass is 9.72. The SMILES string of the molecule is CCNC(=NCC1(c2ccccc2C)CCOCC1)NC1CCC(O)CC1. The van der Waals surface area contributed by atoms with Crippen molar-refractivity contribution in [2.75, 3.05) is 26.3 Å².